The van der Waals surface area contributed by atoms with Gasteiger partial charge in [0.15, 0.2) is 6.29 Å². The minimum absolute atomic E-state index is 0.188. The maximum atomic E-state index is 10.7. The van der Waals surface area contributed by atoms with Crippen LogP contribution in [0.4, 0.5) is 0 Å². The van der Waals surface area contributed by atoms with E-state index in [4.69, 9.17) is 4.74 Å². The molecule has 2 rings (SSSR count). The number of benzene rings is 1. The molecule has 0 unspecified atom stereocenters. The Balaban J connectivity index is 1.91. The topological polar surface area (TPSA) is 46.5 Å². The van der Waals surface area contributed by atoms with E-state index < -0.39 is 5.60 Å². The predicted molar refractivity (Wildman–Crippen MR) is 63.9 cm³/mol. The molecule has 0 radical (unpaired) electrons. The molecule has 0 spiro atoms. The van der Waals surface area contributed by atoms with E-state index in [2.05, 4.69) is 11.8 Å². The summed E-state index contributed by atoms with van der Waals surface area (Å²) < 4.78 is 5.38. The quantitative estimate of drug-likeness (QED) is 0.636. The summed E-state index contributed by atoms with van der Waals surface area (Å²) in [4.78, 5) is 10.7. The van der Waals surface area contributed by atoms with Gasteiger partial charge in [0.1, 0.15) is 18.0 Å². The second kappa shape index (κ2) is 5.03. The number of hydrogen-bond acceptors (Lipinski definition) is 3. The van der Waals surface area contributed by atoms with Crippen molar-refractivity contribution in [1.29, 1.82) is 0 Å². The highest BCUT2D eigenvalue weighted by Gasteiger charge is 2.31. The molecule has 3 heteroatoms. The maximum absolute atomic E-state index is 10.7. The van der Waals surface area contributed by atoms with E-state index in [-0.39, 0.29) is 6.61 Å². The fraction of sp³-hybridized carbons (Fsp3) is 0.357. The van der Waals surface area contributed by atoms with Gasteiger partial charge in [0.2, 0.25) is 0 Å². The summed E-state index contributed by atoms with van der Waals surface area (Å²) in [5.74, 6) is 6.11. The summed E-state index contributed by atoms with van der Waals surface area (Å²) in [5, 5.41) is 9.72. The van der Waals surface area contributed by atoms with Gasteiger partial charge in [-0.15, -0.1) is 0 Å². The van der Waals surface area contributed by atoms with Gasteiger partial charge in [0, 0.05) is 0 Å². The van der Waals surface area contributed by atoms with Gasteiger partial charge in [-0.3, -0.25) is 4.79 Å². The van der Waals surface area contributed by atoms with Gasteiger partial charge in [-0.2, -0.15) is 0 Å². The molecule has 1 aliphatic carbocycles. The van der Waals surface area contributed by atoms with Gasteiger partial charge in [-0.1, -0.05) is 24.0 Å². The lowest BCUT2D eigenvalue weighted by Crippen LogP contribution is -2.34. The van der Waals surface area contributed by atoms with Crippen molar-refractivity contribution in [3.63, 3.8) is 0 Å². The van der Waals surface area contributed by atoms with Crippen molar-refractivity contribution >= 4 is 6.29 Å². The number of rotatable bonds is 3. The largest absolute Gasteiger partial charge is 0.480 e. The summed E-state index contributed by atoms with van der Waals surface area (Å²) in [7, 11) is 0. The minimum atomic E-state index is -0.798. The summed E-state index contributed by atoms with van der Waals surface area (Å²) in [5.41, 5.74) is -0.287. The van der Waals surface area contributed by atoms with Crippen molar-refractivity contribution in [1.82, 2.24) is 0 Å². The van der Waals surface area contributed by atoms with Crippen molar-refractivity contribution in [3.8, 4) is 17.6 Å². The molecule has 1 aromatic rings. The zero-order valence-electron chi connectivity index (χ0n) is 9.48. The fourth-order valence-electron chi connectivity index (χ4n) is 1.66. The van der Waals surface area contributed by atoms with Crippen LogP contribution in [0.2, 0.25) is 0 Å². The van der Waals surface area contributed by atoms with Crippen LogP contribution in [0.5, 0.6) is 5.75 Å². The molecule has 1 aromatic carbocycles. The molecule has 0 heterocycles. The Labute approximate surface area is 100 Å². The Hall–Kier alpha value is -1.79. The zero-order chi connectivity index (χ0) is 12.1. The molecule has 3 nitrogen and oxygen atoms in total. The van der Waals surface area contributed by atoms with E-state index in [0.29, 0.717) is 11.3 Å². The number of ether oxygens (including phenoxy) is 1. The van der Waals surface area contributed by atoms with E-state index in [0.717, 1.165) is 25.5 Å². The summed E-state index contributed by atoms with van der Waals surface area (Å²) in [6.45, 7) is 0.188. The van der Waals surface area contributed by atoms with Gasteiger partial charge < -0.3 is 9.84 Å². The molecule has 0 bridgehead atoms. The van der Waals surface area contributed by atoms with Crippen molar-refractivity contribution in [2.45, 2.75) is 24.9 Å². The molecular formula is C14H14O3. The second-order valence-corrected chi connectivity index (χ2v) is 4.13. The lowest BCUT2D eigenvalue weighted by molar-refractivity contribution is 0.0238. The Morgan fingerprint density at radius 3 is 2.82 bits per heavy atom. The van der Waals surface area contributed by atoms with Crippen LogP contribution in [0.25, 0.3) is 0 Å². The van der Waals surface area contributed by atoms with Gasteiger partial charge in [0.05, 0.1) is 5.56 Å². The van der Waals surface area contributed by atoms with Crippen LogP contribution in [-0.2, 0) is 0 Å². The third-order valence-corrected chi connectivity index (χ3v) is 2.85. The van der Waals surface area contributed by atoms with Crippen molar-refractivity contribution in [3.05, 3.63) is 29.8 Å². The summed E-state index contributed by atoms with van der Waals surface area (Å²) in [6, 6.07) is 6.99. The van der Waals surface area contributed by atoms with Crippen LogP contribution in [0.3, 0.4) is 0 Å². The number of carbonyl (C=O) groups is 1. The molecule has 1 fully saturated rings. The van der Waals surface area contributed by atoms with Crippen molar-refractivity contribution in [2.75, 3.05) is 6.61 Å². The molecule has 0 saturated heterocycles. The van der Waals surface area contributed by atoms with Crippen LogP contribution in [0, 0.1) is 11.8 Å². The molecule has 88 valence electrons. The molecule has 0 atom stereocenters. The number of carbonyl (C=O) groups excluding carboxylic acids is 1. The van der Waals surface area contributed by atoms with E-state index in [1.807, 2.05) is 0 Å². The first-order valence-corrected chi connectivity index (χ1v) is 5.63. The highest BCUT2D eigenvalue weighted by atomic mass is 16.5. The van der Waals surface area contributed by atoms with Gasteiger partial charge in [-0.25, -0.2) is 0 Å². The Bertz CT molecular complexity index is 464. The average Bonchev–Trinajstić information content (AvgIpc) is 2.33. The SMILES string of the molecule is O=Cc1ccccc1OCC#CC1(O)CCC1. The zero-order valence-corrected chi connectivity index (χ0v) is 9.48. The van der Waals surface area contributed by atoms with Crippen LogP contribution in [-0.4, -0.2) is 23.6 Å². The number of para-hydroxylation sites is 1. The molecular weight excluding hydrogens is 216 g/mol. The van der Waals surface area contributed by atoms with E-state index in [1.54, 1.807) is 24.3 Å². The minimum Gasteiger partial charge on any atom is -0.480 e. The predicted octanol–water partition coefficient (Wildman–Crippen LogP) is 1.80. The van der Waals surface area contributed by atoms with Crippen molar-refractivity contribution in [2.24, 2.45) is 0 Å². The highest BCUT2D eigenvalue weighted by Crippen LogP contribution is 2.30. The van der Waals surface area contributed by atoms with Crippen LogP contribution in [0.15, 0.2) is 24.3 Å². The standard InChI is InChI=1S/C14H14O3/c15-11-12-5-1-2-6-13(12)17-10-4-9-14(16)7-3-8-14/h1-2,5-6,11,16H,3,7-8,10H2. The summed E-state index contributed by atoms with van der Waals surface area (Å²) in [6.07, 6.45) is 3.26. The van der Waals surface area contributed by atoms with Crippen LogP contribution in [0.1, 0.15) is 29.6 Å². The molecule has 0 aliphatic heterocycles. The number of aliphatic hydroxyl groups is 1. The smallest absolute Gasteiger partial charge is 0.153 e. The fourth-order valence-corrected chi connectivity index (χ4v) is 1.66. The second-order valence-electron chi connectivity index (χ2n) is 4.13. The molecule has 17 heavy (non-hydrogen) atoms. The molecule has 1 N–H and O–H groups in total. The number of aldehydes is 1. The highest BCUT2D eigenvalue weighted by molar-refractivity contribution is 5.79. The van der Waals surface area contributed by atoms with E-state index in [9.17, 15) is 9.90 Å². The molecule has 1 saturated carbocycles. The van der Waals surface area contributed by atoms with Crippen LogP contribution >= 0.6 is 0 Å². The first kappa shape index (κ1) is 11.7. The van der Waals surface area contributed by atoms with Crippen LogP contribution < -0.4 is 4.74 Å². The summed E-state index contributed by atoms with van der Waals surface area (Å²) >= 11 is 0. The van der Waals surface area contributed by atoms with E-state index >= 15 is 0 Å². The molecule has 0 aromatic heterocycles. The Morgan fingerprint density at radius 1 is 1.41 bits per heavy atom. The number of hydrogen-bond donors (Lipinski definition) is 1. The third-order valence-electron chi connectivity index (χ3n) is 2.85. The first-order valence-electron chi connectivity index (χ1n) is 5.63. The Morgan fingerprint density at radius 2 is 2.18 bits per heavy atom. The third kappa shape index (κ3) is 2.86. The lowest BCUT2D eigenvalue weighted by atomic mass is 9.81. The van der Waals surface area contributed by atoms with E-state index in [1.165, 1.54) is 0 Å². The van der Waals surface area contributed by atoms with Gasteiger partial charge in [0.25, 0.3) is 0 Å². The Kier molecular flexibility index (Phi) is 3.46. The normalized spacial score (nSPS) is 16.3. The average molecular weight is 230 g/mol. The van der Waals surface area contributed by atoms with Gasteiger partial charge >= 0.3 is 0 Å². The monoisotopic (exact) mass is 230 g/mol. The molecule has 1 aliphatic rings. The van der Waals surface area contributed by atoms with Gasteiger partial charge in [-0.05, 0) is 31.4 Å². The maximum Gasteiger partial charge on any atom is 0.153 e. The van der Waals surface area contributed by atoms with Crippen molar-refractivity contribution < 1.29 is 14.6 Å². The first-order chi connectivity index (χ1) is 8.23. The molecule has 0 amide bonds. The lowest BCUT2D eigenvalue weighted by Gasteiger charge is -2.30.